The fourth-order valence-electron chi connectivity index (χ4n) is 8.23. The third-order valence-corrected chi connectivity index (χ3v) is 10.4. The summed E-state index contributed by atoms with van der Waals surface area (Å²) in [6.07, 6.45) is 0. The molecule has 0 saturated carbocycles. The fraction of sp³-hybridized carbons (Fsp3) is 0.0204. The number of nitrogens with zero attached hydrogens (tertiary/aromatic N) is 1. The molecule has 10 rings (SSSR count). The summed E-state index contributed by atoms with van der Waals surface area (Å²) >= 11 is 0. The summed E-state index contributed by atoms with van der Waals surface area (Å²) < 4.78 is 37.4. The molecule has 0 bridgehead atoms. The zero-order chi connectivity index (χ0) is 36.6. The lowest BCUT2D eigenvalue weighted by Gasteiger charge is -2.31. The van der Waals surface area contributed by atoms with Crippen LogP contribution in [0.1, 0.15) is 27.7 Å². The van der Waals surface area contributed by atoms with E-state index in [0.717, 1.165) is 33.6 Å². The van der Waals surface area contributed by atoms with Crippen molar-refractivity contribution in [3.63, 3.8) is 0 Å². The lowest BCUT2D eigenvalue weighted by Crippen LogP contribution is -2.25. The van der Waals surface area contributed by atoms with E-state index in [2.05, 4.69) is 115 Å². The predicted molar refractivity (Wildman–Crippen MR) is 208 cm³/mol. The summed E-state index contributed by atoms with van der Waals surface area (Å²) in [5.41, 5.74) is 13.9. The molecule has 2 aliphatic carbocycles. The average Bonchev–Trinajstić information content (AvgIpc) is 3.70. The maximum absolute atomic E-state index is 9.46. The molecule has 0 unspecified atom stereocenters. The van der Waals surface area contributed by atoms with Crippen molar-refractivity contribution in [1.82, 2.24) is 0 Å². The number of benzene rings is 8. The van der Waals surface area contributed by atoms with Gasteiger partial charge < -0.3 is 4.90 Å². The number of fused-ring (bicyclic) bond motifs is 10. The van der Waals surface area contributed by atoms with Crippen LogP contribution in [-0.2, 0) is 5.41 Å². The van der Waals surface area contributed by atoms with Gasteiger partial charge >= 0.3 is 0 Å². The van der Waals surface area contributed by atoms with Gasteiger partial charge in [-0.1, -0.05) is 164 Å². The lowest BCUT2D eigenvalue weighted by molar-refractivity contribution is 0.794. The molecule has 8 aromatic rings. The highest BCUT2D eigenvalue weighted by Crippen LogP contribution is 2.63. The van der Waals surface area contributed by atoms with Crippen LogP contribution in [0.3, 0.4) is 0 Å². The Hall–Kier alpha value is -6.44. The smallest absolute Gasteiger partial charge is 0.0725 e. The Kier molecular flexibility index (Phi) is 5.59. The Balaban J connectivity index is 1.22. The molecule has 2 aliphatic rings. The van der Waals surface area contributed by atoms with Crippen LogP contribution in [0.2, 0.25) is 0 Å². The van der Waals surface area contributed by atoms with Crippen molar-refractivity contribution in [2.45, 2.75) is 5.41 Å². The molecule has 8 aromatic carbocycles. The molecule has 0 heterocycles. The SMILES string of the molecule is [2H]c1c([2H])c(N(c2ccc(-c3ccccc3)cc2)c2ccc3c(c2)-c2ccccc2C32c3ccccc3-c3ccccc32)c([2H])c([2H])c1-c1ccccc1. The third-order valence-electron chi connectivity index (χ3n) is 10.4. The van der Waals surface area contributed by atoms with E-state index < -0.39 is 5.41 Å². The summed E-state index contributed by atoms with van der Waals surface area (Å²) in [5, 5.41) is 0. The highest BCUT2D eigenvalue weighted by molar-refractivity contribution is 5.96. The molecule has 0 fully saturated rings. The van der Waals surface area contributed by atoms with Gasteiger partial charge in [-0.2, -0.15) is 0 Å². The Morgan fingerprint density at radius 3 is 1.30 bits per heavy atom. The minimum atomic E-state index is -0.499. The number of hydrogen-bond donors (Lipinski definition) is 0. The van der Waals surface area contributed by atoms with Gasteiger partial charge in [-0.05, 0) is 103 Å². The second-order valence-corrected chi connectivity index (χ2v) is 13.0. The van der Waals surface area contributed by atoms with Crippen LogP contribution in [-0.4, -0.2) is 0 Å². The van der Waals surface area contributed by atoms with Gasteiger partial charge in [0.25, 0.3) is 0 Å². The molecule has 234 valence electrons. The predicted octanol–water partition coefficient (Wildman–Crippen LogP) is 12.8. The molecule has 0 amide bonds. The van der Waals surface area contributed by atoms with Crippen LogP contribution in [0, 0.1) is 0 Å². The second-order valence-electron chi connectivity index (χ2n) is 13.0. The van der Waals surface area contributed by atoms with Gasteiger partial charge in [0.2, 0.25) is 0 Å². The summed E-state index contributed by atoms with van der Waals surface area (Å²) in [4.78, 5) is 1.90. The first-order valence-electron chi connectivity index (χ1n) is 19.0. The Morgan fingerprint density at radius 1 is 0.320 bits per heavy atom. The van der Waals surface area contributed by atoms with E-state index in [9.17, 15) is 5.48 Å². The summed E-state index contributed by atoms with van der Waals surface area (Å²) in [6, 6.07) is 59.8. The van der Waals surface area contributed by atoms with E-state index in [1.165, 1.54) is 33.4 Å². The van der Waals surface area contributed by atoms with E-state index >= 15 is 0 Å². The Bertz CT molecular complexity index is 2680. The first-order valence-corrected chi connectivity index (χ1v) is 17.0. The minimum Gasteiger partial charge on any atom is -0.310 e. The highest BCUT2D eigenvalue weighted by Gasteiger charge is 2.51. The van der Waals surface area contributed by atoms with Crippen LogP contribution < -0.4 is 4.90 Å². The molecule has 0 N–H and O–H groups in total. The van der Waals surface area contributed by atoms with Gasteiger partial charge in [-0.25, -0.2) is 0 Å². The monoisotopic (exact) mass is 639 g/mol. The molecule has 0 aliphatic heterocycles. The molecule has 1 nitrogen and oxygen atoms in total. The number of hydrogen-bond acceptors (Lipinski definition) is 1. The van der Waals surface area contributed by atoms with Crippen LogP contribution in [0.4, 0.5) is 17.1 Å². The largest absolute Gasteiger partial charge is 0.310 e. The zero-order valence-corrected chi connectivity index (χ0v) is 27.2. The molecule has 1 heteroatoms. The topological polar surface area (TPSA) is 3.24 Å². The Labute approximate surface area is 299 Å². The zero-order valence-electron chi connectivity index (χ0n) is 31.2. The van der Waals surface area contributed by atoms with Gasteiger partial charge in [0.1, 0.15) is 0 Å². The van der Waals surface area contributed by atoms with E-state index in [1.54, 1.807) is 0 Å². The fourth-order valence-corrected chi connectivity index (χ4v) is 8.23. The number of rotatable bonds is 5. The van der Waals surface area contributed by atoms with Crippen LogP contribution >= 0.6 is 0 Å². The average molecular weight is 640 g/mol. The Morgan fingerprint density at radius 2 is 0.740 bits per heavy atom. The van der Waals surface area contributed by atoms with E-state index in [0.29, 0.717) is 5.56 Å². The van der Waals surface area contributed by atoms with Crippen LogP contribution in [0.5, 0.6) is 0 Å². The van der Waals surface area contributed by atoms with Crippen molar-refractivity contribution in [3.05, 3.63) is 222 Å². The molecule has 50 heavy (non-hydrogen) atoms. The summed E-state index contributed by atoms with van der Waals surface area (Å²) in [7, 11) is 0. The van der Waals surface area contributed by atoms with Crippen molar-refractivity contribution in [3.8, 4) is 44.5 Å². The normalized spacial score (nSPS) is 14.1. The van der Waals surface area contributed by atoms with E-state index in [4.69, 9.17) is 0 Å². The van der Waals surface area contributed by atoms with Gasteiger partial charge in [-0.3, -0.25) is 0 Å². The summed E-state index contributed by atoms with van der Waals surface area (Å²) in [6.45, 7) is 0. The quantitative estimate of drug-likeness (QED) is 0.181. The molecular formula is C49H33N. The molecule has 0 radical (unpaired) electrons. The third kappa shape index (κ3) is 4.20. The first-order chi connectivity index (χ1) is 26.5. The molecule has 0 atom stereocenters. The van der Waals surface area contributed by atoms with Gasteiger partial charge in [0.05, 0.1) is 10.9 Å². The van der Waals surface area contributed by atoms with Crippen molar-refractivity contribution in [1.29, 1.82) is 0 Å². The maximum atomic E-state index is 9.46. The van der Waals surface area contributed by atoms with E-state index in [1.807, 2.05) is 65.6 Å². The van der Waals surface area contributed by atoms with Crippen molar-refractivity contribution >= 4 is 17.1 Å². The van der Waals surface area contributed by atoms with Gasteiger partial charge in [0.15, 0.2) is 0 Å². The lowest BCUT2D eigenvalue weighted by atomic mass is 9.70. The molecule has 0 saturated heterocycles. The number of anilines is 3. The van der Waals surface area contributed by atoms with E-state index in [-0.39, 0.29) is 35.4 Å². The second kappa shape index (κ2) is 11.3. The van der Waals surface area contributed by atoms with Crippen LogP contribution in [0.25, 0.3) is 44.5 Å². The first kappa shape index (κ1) is 24.7. The molecule has 0 aromatic heterocycles. The van der Waals surface area contributed by atoms with Gasteiger partial charge in [-0.15, -0.1) is 0 Å². The van der Waals surface area contributed by atoms with Crippen molar-refractivity contribution < 1.29 is 5.48 Å². The van der Waals surface area contributed by atoms with Crippen molar-refractivity contribution in [2.24, 2.45) is 0 Å². The van der Waals surface area contributed by atoms with Crippen molar-refractivity contribution in [2.75, 3.05) is 4.90 Å². The van der Waals surface area contributed by atoms with Gasteiger partial charge in [0, 0.05) is 17.1 Å². The molecule has 1 spiro atoms. The standard InChI is InChI=1S/C49H33N/c1-3-13-34(14-4-1)36-23-27-38(28-24-36)50(39-29-25-37(26-30-39)35-15-5-2-6-16-35)40-31-32-48-44(33-40)43-19-9-12-22-47(43)49(48)45-20-10-7-17-41(45)42-18-8-11-21-46(42)49/h1-33H/i23D,24D,27D,28D. The highest BCUT2D eigenvalue weighted by atomic mass is 15.1. The van der Waals surface area contributed by atoms with Crippen LogP contribution in [0.15, 0.2) is 200 Å². The maximum Gasteiger partial charge on any atom is 0.0725 e. The molecular weight excluding hydrogens is 603 g/mol. The minimum absolute atomic E-state index is 0.0762. The summed E-state index contributed by atoms with van der Waals surface area (Å²) in [5.74, 6) is 0.